The molecule has 1 heterocycles. The summed E-state index contributed by atoms with van der Waals surface area (Å²) in [6, 6.07) is 13.5. The number of ether oxygens (including phenoxy) is 1. The second-order valence-corrected chi connectivity index (χ2v) is 9.31. The molecule has 0 aliphatic carbocycles. The second kappa shape index (κ2) is 7.43. The van der Waals surface area contributed by atoms with Gasteiger partial charge >= 0.3 is 5.97 Å². The van der Waals surface area contributed by atoms with Crippen LogP contribution in [0.25, 0.3) is 0 Å². The molecule has 2 aromatic rings. The van der Waals surface area contributed by atoms with Crippen molar-refractivity contribution in [2.75, 3.05) is 13.7 Å². The van der Waals surface area contributed by atoms with E-state index in [0.29, 0.717) is 6.42 Å². The normalized spacial score (nSPS) is 23.3. The van der Waals surface area contributed by atoms with Crippen molar-refractivity contribution in [2.45, 2.75) is 29.7 Å². The van der Waals surface area contributed by atoms with Crippen LogP contribution in [-0.2, 0) is 19.6 Å². The maximum Gasteiger partial charge on any atom is 0.327 e. The van der Waals surface area contributed by atoms with Crippen molar-refractivity contribution in [3.63, 3.8) is 0 Å². The Hall–Kier alpha value is -1.60. The maximum atomic E-state index is 13.4. The van der Waals surface area contributed by atoms with Crippen LogP contribution < -0.4 is 0 Å². The Morgan fingerprint density at radius 1 is 1.15 bits per heavy atom. The van der Waals surface area contributed by atoms with E-state index < -0.39 is 21.5 Å². The van der Waals surface area contributed by atoms with Gasteiger partial charge in [-0.15, -0.1) is 0 Å². The van der Waals surface area contributed by atoms with Crippen LogP contribution in [-0.4, -0.2) is 37.9 Å². The van der Waals surface area contributed by atoms with Crippen molar-refractivity contribution in [3.8, 4) is 0 Å². The van der Waals surface area contributed by atoms with Crippen molar-refractivity contribution < 1.29 is 17.9 Å². The van der Waals surface area contributed by atoms with E-state index >= 15 is 0 Å². The fraction of sp³-hybridized carbons (Fsp3) is 0.316. The molecule has 5 nitrogen and oxygen atoms in total. The van der Waals surface area contributed by atoms with Crippen LogP contribution in [0.2, 0.25) is 10.0 Å². The van der Waals surface area contributed by atoms with E-state index in [4.69, 9.17) is 27.9 Å². The van der Waals surface area contributed by atoms with Crippen LogP contribution in [0, 0.1) is 0 Å². The summed E-state index contributed by atoms with van der Waals surface area (Å²) in [6.45, 7) is 1.78. The lowest BCUT2D eigenvalue weighted by molar-refractivity contribution is -0.150. The molecule has 3 rings (SSSR count). The monoisotopic (exact) mass is 427 g/mol. The zero-order valence-electron chi connectivity index (χ0n) is 14.9. The number of rotatable bonds is 4. The van der Waals surface area contributed by atoms with Gasteiger partial charge in [0.15, 0.2) is 0 Å². The molecule has 1 aliphatic heterocycles. The highest BCUT2D eigenvalue weighted by atomic mass is 35.5. The van der Waals surface area contributed by atoms with E-state index in [1.54, 1.807) is 6.92 Å². The Morgan fingerprint density at radius 2 is 1.74 bits per heavy atom. The topological polar surface area (TPSA) is 63.7 Å². The molecule has 8 heteroatoms. The molecule has 1 fully saturated rings. The van der Waals surface area contributed by atoms with Crippen molar-refractivity contribution in [2.24, 2.45) is 0 Å². The van der Waals surface area contributed by atoms with Gasteiger partial charge in [0.2, 0.25) is 10.0 Å². The quantitative estimate of drug-likeness (QED) is 0.688. The van der Waals surface area contributed by atoms with Gasteiger partial charge in [-0.1, -0.05) is 53.5 Å². The highest BCUT2D eigenvalue weighted by Crippen LogP contribution is 2.45. The molecule has 2 atom stereocenters. The zero-order chi connectivity index (χ0) is 19.8. The lowest BCUT2D eigenvalue weighted by Gasteiger charge is -2.36. The molecule has 1 aliphatic rings. The first-order valence-electron chi connectivity index (χ1n) is 8.33. The summed E-state index contributed by atoms with van der Waals surface area (Å²) in [6.07, 6.45) is 0.489. The number of carbonyl (C=O) groups is 1. The minimum Gasteiger partial charge on any atom is -0.468 e. The largest absolute Gasteiger partial charge is 0.468 e. The Labute approximate surface area is 168 Å². The average molecular weight is 428 g/mol. The molecular weight excluding hydrogens is 409 g/mol. The standard InChI is InChI=1S/C19H19Cl2NO4S/c1-19(18(23)26-2)17(13-6-4-3-5-7-13)8-9-22(19)27(24,25)16-11-14(20)10-15(21)12-16/h3-7,10-12,17H,8-9H2,1-2H3/t17?,19-/m0/s1. The average Bonchev–Trinajstić information content (AvgIpc) is 3.00. The lowest BCUT2D eigenvalue weighted by Crippen LogP contribution is -2.54. The highest BCUT2D eigenvalue weighted by molar-refractivity contribution is 7.89. The lowest BCUT2D eigenvalue weighted by atomic mass is 9.82. The minimum absolute atomic E-state index is 0.0520. The summed E-state index contributed by atoms with van der Waals surface area (Å²) in [5.74, 6) is -0.943. The number of halogens is 2. The molecule has 0 bridgehead atoms. The molecule has 0 amide bonds. The number of hydrogen-bond acceptors (Lipinski definition) is 4. The number of esters is 1. The third kappa shape index (κ3) is 3.47. The third-order valence-electron chi connectivity index (χ3n) is 5.04. The van der Waals surface area contributed by atoms with Crippen LogP contribution in [0.3, 0.4) is 0 Å². The first-order chi connectivity index (χ1) is 12.7. The second-order valence-electron chi connectivity index (χ2n) is 6.57. The molecule has 1 saturated heterocycles. The molecule has 0 aromatic heterocycles. The van der Waals surface area contributed by atoms with Gasteiger partial charge in [0, 0.05) is 22.5 Å². The van der Waals surface area contributed by atoms with Crippen LogP contribution in [0.4, 0.5) is 0 Å². The summed E-state index contributed by atoms with van der Waals surface area (Å²) < 4.78 is 32.9. The fourth-order valence-electron chi connectivity index (χ4n) is 3.74. The molecule has 2 aromatic carbocycles. The van der Waals surface area contributed by atoms with Gasteiger partial charge < -0.3 is 4.74 Å². The summed E-state index contributed by atoms with van der Waals surface area (Å²) in [5.41, 5.74) is -0.503. The van der Waals surface area contributed by atoms with E-state index in [0.717, 1.165) is 5.56 Å². The minimum atomic E-state index is -4.02. The van der Waals surface area contributed by atoms with Crippen LogP contribution >= 0.6 is 23.2 Å². The van der Waals surface area contributed by atoms with Gasteiger partial charge in [-0.25, -0.2) is 8.42 Å². The molecule has 0 N–H and O–H groups in total. The van der Waals surface area contributed by atoms with E-state index in [9.17, 15) is 13.2 Å². The third-order valence-corrected chi connectivity index (χ3v) is 7.45. The maximum absolute atomic E-state index is 13.4. The summed E-state index contributed by atoms with van der Waals surface area (Å²) in [5, 5.41) is 0.416. The van der Waals surface area contributed by atoms with E-state index in [2.05, 4.69) is 0 Å². The van der Waals surface area contributed by atoms with Gasteiger partial charge in [-0.3, -0.25) is 4.79 Å². The molecule has 0 radical (unpaired) electrons. The number of sulfonamides is 1. The smallest absolute Gasteiger partial charge is 0.327 e. The zero-order valence-corrected chi connectivity index (χ0v) is 17.2. The van der Waals surface area contributed by atoms with Crippen LogP contribution in [0.15, 0.2) is 53.4 Å². The Bertz CT molecular complexity index is 945. The number of nitrogens with zero attached hydrogens (tertiary/aromatic N) is 1. The first-order valence-corrected chi connectivity index (χ1v) is 10.5. The SMILES string of the molecule is COC(=O)[C@]1(C)C(c2ccccc2)CCN1S(=O)(=O)c1cc(Cl)cc(Cl)c1. The van der Waals surface area contributed by atoms with Gasteiger partial charge in [-0.2, -0.15) is 4.31 Å². The summed E-state index contributed by atoms with van der Waals surface area (Å²) >= 11 is 12.0. The van der Waals surface area contributed by atoms with Crippen molar-refractivity contribution in [1.29, 1.82) is 0 Å². The Kier molecular flexibility index (Phi) is 5.54. The van der Waals surface area contributed by atoms with Crippen LogP contribution in [0.5, 0.6) is 0 Å². The van der Waals surface area contributed by atoms with Gasteiger partial charge in [0.05, 0.1) is 12.0 Å². The summed E-state index contributed by atoms with van der Waals surface area (Å²) in [4.78, 5) is 12.7. The van der Waals surface area contributed by atoms with Gasteiger partial charge in [0.1, 0.15) is 5.54 Å². The van der Waals surface area contributed by atoms with E-state index in [1.807, 2.05) is 30.3 Å². The molecule has 0 spiro atoms. The number of carbonyl (C=O) groups excluding carboxylic acids is 1. The van der Waals surface area contributed by atoms with Crippen molar-refractivity contribution >= 4 is 39.2 Å². The fourth-order valence-corrected chi connectivity index (χ4v) is 6.24. The Balaban J connectivity index is 2.12. The Morgan fingerprint density at radius 3 is 2.30 bits per heavy atom. The van der Waals surface area contributed by atoms with Crippen LogP contribution in [0.1, 0.15) is 24.8 Å². The summed E-state index contributed by atoms with van der Waals surface area (Å²) in [7, 11) is -2.76. The first kappa shape index (κ1) is 20.1. The highest BCUT2D eigenvalue weighted by Gasteiger charge is 2.57. The molecule has 0 saturated carbocycles. The molecule has 144 valence electrons. The number of hydrogen-bond donors (Lipinski definition) is 0. The molecular formula is C19H19Cl2NO4S. The van der Waals surface area contributed by atoms with Crippen molar-refractivity contribution in [1.82, 2.24) is 4.31 Å². The van der Waals surface area contributed by atoms with E-state index in [-0.39, 0.29) is 27.4 Å². The van der Waals surface area contributed by atoms with Gasteiger partial charge in [0.25, 0.3) is 0 Å². The number of benzene rings is 2. The van der Waals surface area contributed by atoms with Gasteiger partial charge in [-0.05, 0) is 37.1 Å². The van der Waals surface area contributed by atoms with E-state index in [1.165, 1.54) is 29.6 Å². The predicted molar refractivity (Wildman–Crippen MR) is 105 cm³/mol. The predicted octanol–water partition coefficient (Wildman–Crippen LogP) is 4.10. The number of methoxy groups -OCH3 is 1. The molecule has 27 heavy (non-hydrogen) atoms. The van der Waals surface area contributed by atoms with Crippen molar-refractivity contribution in [3.05, 3.63) is 64.1 Å². The molecule has 1 unspecified atom stereocenters.